The molecule has 1 heterocycles. The maximum Gasteiger partial charge on any atom is 0.211 e. The first-order valence-corrected chi connectivity index (χ1v) is 10.3. The SMILES string of the molecule is CSc1nnc(COc2ccccc2)n1/N=C\c1ccccc1OCC(C)C. The van der Waals surface area contributed by atoms with Crippen LogP contribution >= 0.6 is 11.8 Å². The van der Waals surface area contributed by atoms with E-state index in [1.165, 1.54) is 11.8 Å². The van der Waals surface area contributed by atoms with E-state index in [0.717, 1.165) is 17.1 Å². The standard InChI is InChI=1S/C21H24N4O2S/c1-16(2)14-27-19-12-8-7-9-17(19)13-22-25-20(23-24-21(25)28-3)15-26-18-10-5-4-6-11-18/h4-13,16H,14-15H2,1-3H3/b22-13-. The lowest BCUT2D eigenvalue weighted by Gasteiger charge is -2.11. The van der Waals surface area contributed by atoms with Gasteiger partial charge >= 0.3 is 0 Å². The fourth-order valence-electron chi connectivity index (χ4n) is 2.39. The molecule has 0 amide bonds. The summed E-state index contributed by atoms with van der Waals surface area (Å²) in [5.74, 6) is 2.66. The van der Waals surface area contributed by atoms with E-state index in [1.54, 1.807) is 10.9 Å². The van der Waals surface area contributed by atoms with E-state index < -0.39 is 0 Å². The number of para-hydroxylation sites is 2. The summed E-state index contributed by atoms with van der Waals surface area (Å²) < 4.78 is 13.4. The van der Waals surface area contributed by atoms with Crippen molar-refractivity contribution in [3.63, 3.8) is 0 Å². The average Bonchev–Trinajstić information content (AvgIpc) is 3.12. The molecule has 3 aromatic rings. The van der Waals surface area contributed by atoms with Gasteiger partial charge in [-0.25, -0.2) is 0 Å². The highest BCUT2D eigenvalue weighted by Crippen LogP contribution is 2.19. The van der Waals surface area contributed by atoms with Gasteiger partial charge in [0.15, 0.2) is 5.82 Å². The molecule has 0 spiro atoms. The van der Waals surface area contributed by atoms with Crippen LogP contribution in [0.5, 0.6) is 11.5 Å². The summed E-state index contributed by atoms with van der Waals surface area (Å²) in [5.41, 5.74) is 0.902. The third kappa shape index (κ3) is 5.36. The topological polar surface area (TPSA) is 61.5 Å². The lowest BCUT2D eigenvalue weighted by Crippen LogP contribution is -2.07. The quantitative estimate of drug-likeness (QED) is 0.394. The largest absolute Gasteiger partial charge is 0.493 e. The number of hydrogen-bond donors (Lipinski definition) is 0. The van der Waals surface area contributed by atoms with E-state index in [1.807, 2.05) is 60.9 Å². The Bertz CT molecular complexity index is 910. The van der Waals surface area contributed by atoms with Crippen LogP contribution in [0.2, 0.25) is 0 Å². The second-order valence-electron chi connectivity index (χ2n) is 6.50. The first-order chi connectivity index (χ1) is 13.7. The number of aromatic nitrogens is 3. The predicted octanol–water partition coefficient (Wildman–Crippen LogP) is 4.50. The van der Waals surface area contributed by atoms with Gasteiger partial charge in [-0.15, -0.1) is 10.2 Å². The predicted molar refractivity (Wildman–Crippen MR) is 112 cm³/mol. The average molecular weight is 397 g/mol. The number of hydrogen-bond acceptors (Lipinski definition) is 6. The van der Waals surface area contributed by atoms with E-state index in [0.29, 0.717) is 23.5 Å². The van der Waals surface area contributed by atoms with Gasteiger partial charge in [-0.2, -0.15) is 9.78 Å². The fraction of sp³-hybridized carbons (Fsp3) is 0.286. The van der Waals surface area contributed by atoms with Crippen LogP contribution in [0.4, 0.5) is 0 Å². The van der Waals surface area contributed by atoms with Gasteiger partial charge in [0.05, 0.1) is 12.8 Å². The summed E-state index contributed by atoms with van der Waals surface area (Å²) in [6, 6.07) is 17.5. The molecule has 0 aliphatic carbocycles. The molecule has 6 nitrogen and oxygen atoms in total. The Kier molecular flexibility index (Phi) is 7.08. The van der Waals surface area contributed by atoms with Crippen molar-refractivity contribution < 1.29 is 9.47 Å². The molecule has 3 rings (SSSR count). The van der Waals surface area contributed by atoms with Crippen LogP contribution in [-0.2, 0) is 6.61 Å². The Balaban J connectivity index is 1.79. The molecule has 7 heteroatoms. The van der Waals surface area contributed by atoms with Gasteiger partial charge in [-0.05, 0) is 36.4 Å². The highest BCUT2D eigenvalue weighted by molar-refractivity contribution is 7.98. The van der Waals surface area contributed by atoms with Crippen molar-refractivity contribution in [2.45, 2.75) is 25.6 Å². The Morgan fingerprint density at radius 2 is 1.79 bits per heavy atom. The molecular formula is C21H24N4O2S. The third-order valence-corrected chi connectivity index (χ3v) is 4.39. The minimum Gasteiger partial charge on any atom is -0.493 e. The number of benzene rings is 2. The normalized spacial score (nSPS) is 11.3. The molecule has 0 saturated heterocycles. The monoisotopic (exact) mass is 396 g/mol. The van der Waals surface area contributed by atoms with Gasteiger partial charge in [0.25, 0.3) is 0 Å². The van der Waals surface area contributed by atoms with Gasteiger partial charge in [0.2, 0.25) is 5.16 Å². The summed E-state index contributed by atoms with van der Waals surface area (Å²) >= 11 is 1.48. The van der Waals surface area contributed by atoms with Crippen LogP contribution in [0.3, 0.4) is 0 Å². The number of thioether (sulfide) groups is 1. The molecule has 1 aromatic heterocycles. The van der Waals surface area contributed by atoms with Crippen molar-refractivity contribution >= 4 is 18.0 Å². The van der Waals surface area contributed by atoms with E-state index in [9.17, 15) is 0 Å². The van der Waals surface area contributed by atoms with Crippen LogP contribution in [0.15, 0.2) is 64.9 Å². The number of ether oxygens (including phenoxy) is 2. The Hall–Kier alpha value is -2.80. The Morgan fingerprint density at radius 1 is 1.04 bits per heavy atom. The van der Waals surface area contributed by atoms with E-state index in [-0.39, 0.29) is 6.61 Å². The Labute approximate surface area is 169 Å². The number of nitrogens with zero attached hydrogens (tertiary/aromatic N) is 4. The van der Waals surface area contributed by atoms with E-state index in [4.69, 9.17) is 9.47 Å². The first-order valence-electron chi connectivity index (χ1n) is 9.09. The molecule has 0 fully saturated rings. The maximum atomic E-state index is 5.90. The van der Waals surface area contributed by atoms with Crippen LogP contribution in [0, 0.1) is 5.92 Å². The molecule has 0 bridgehead atoms. The van der Waals surface area contributed by atoms with Gasteiger partial charge in [-0.3, -0.25) is 0 Å². The second kappa shape index (κ2) is 9.94. The van der Waals surface area contributed by atoms with E-state index in [2.05, 4.69) is 29.1 Å². The molecule has 0 radical (unpaired) electrons. The van der Waals surface area contributed by atoms with Crippen molar-refractivity contribution in [3.05, 3.63) is 66.0 Å². The summed E-state index contributed by atoms with van der Waals surface area (Å²) in [5, 5.41) is 13.7. The smallest absolute Gasteiger partial charge is 0.211 e. The van der Waals surface area contributed by atoms with E-state index >= 15 is 0 Å². The molecule has 146 valence electrons. The summed E-state index contributed by atoms with van der Waals surface area (Å²) in [6.07, 6.45) is 3.71. The van der Waals surface area contributed by atoms with Gasteiger partial charge in [0, 0.05) is 5.56 Å². The highest BCUT2D eigenvalue weighted by Gasteiger charge is 2.12. The van der Waals surface area contributed by atoms with Crippen molar-refractivity contribution in [2.75, 3.05) is 12.9 Å². The minimum absolute atomic E-state index is 0.278. The fourth-order valence-corrected chi connectivity index (χ4v) is 2.84. The lowest BCUT2D eigenvalue weighted by atomic mass is 10.2. The maximum absolute atomic E-state index is 5.90. The molecule has 0 unspecified atom stereocenters. The Morgan fingerprint density at radius 3 is 2.54 bits per heavy atom. The number of rotatable bonds is 9. The van der Waals surface area contributed by atoms with Gasteiger partial charge in [-0.1, -0.05) is 55.9 Å². The lowest BCUT2D eigenvalue weighted by molar-refractivity contribution is 0.270. The summed E-state index contributed by atoms with van der Waals surface area (Å²) in [7, 11) is 0. The summed E-state index contributed by atoms with van der Waals surface area (Å²) in [6.45, 7) is 5.18. The minimum atomic E-state index is 0.278. The van der Waals surface area contributed by atoms with Crippen molar-refractivity contribution in [1.82, 2.24) is 14.9 Å². The molecule has 0 atom stereocenters. The van der Waals surface area contributed by atoms with Crippen molar-refractivity contribution in [1.29, 1.82) is 0 Å². The van der Waals surface area contributed by atoms with Crippen LogP contribution < -0.4 is 9.47 Å². The molecular weight excluding hydrogens is 372 g/mol. The first kappa shape index (κ1) is 19.9. The zero-order valence-corrected chi connectivity index (χ0v) is 17.1. The van der Waals surface area contributed by atoms with Crippen LogP contribution in [0.25, 0.3) is 0 Å². The highest BCUT2D eigenvalue weighted by atomic mass is 32.2. The third-order valence-electron chi connectivity index (χ3n) is 3.77. The molecule has 0 aliphatic heterocycles. The van der Waals surface area contributed by atoms with Crippen molar-refractivity contribution in [3.8, 4) is 11.5 Å². The van der Waals surface area contributed by atoms with Crippen LogP contribution in [-0.4, -0.2) is 34.0 Å². The molecule has 28 heavy (non-hydrogen) atoms. The molecule has 0 N–H and O–H groups in total. The zero-order valence-electron chi connectivity index (χ0n) is 16.3. The zero-order chi connectivity index (χ0) is 19.8. The van der Waals surface area contributed by atoms with Gasteiger partial charge in [0.1, 0.15) is 18.1 Å². The second-order valence-corrected chi connectivity index (χ2v) is 7.28. The summed E-state index contributed by atoms with van der Waals surface area (Å²) in [4.78, 5) is 0. The molecule has 0 aliphatic rings. The van der Waals surface area contributed by atoms with Crippen LogP contribution in [0.1, 0.15) is 25.2 Å². The molecule has 2 aromatic carbocycles. The van der Waals surface area contributed by atoms with Crippen molar-refractivity contribution in [2.24, 2.45) is 11.0 Å². The molecule has 0 saturated carbocycles. The van der Waals surface area contributed by atoms with Gasteiger partial charge < -0.3 is 9.47 Å².